The molecule has 0 aliphatic heterocycles. The largest absolute Gasteiger partial charge is 0.500 e. The van der Waals surface area contributed by atoms with Gasteiger partial charge in [0.25, 0.3) is 0 Å². The van der Waals surface area contributed by atoms with Gasteiger partial charge in [0, 0.05) is 27.4 Å². The van der Waals surface area contributed by atoms with Gasteiger partial charge in [0.05, 0.1) is 7.11 Å². The Kier molecular flexibility index (Phi) is 6.69. The molecule has 0 bridgehead atoms. The molecule has 90 valence electrons. The summed E-state index contributed by atoms with van der Waals surface area (Å²) in [6.07, 6.45) is 0.411. The third kappa shape index (κ3) is 4.27. The quantitative estimate of drug-likeness (QED) is 0.486. The summed E-state index contributed by atoms with van der Waals surface area (Å²) in [4.78, 5) is 11.0. The molecule has 0 aromatic rings. The Bertz CT molecular complexity index is 189. The van der Waals surface area contributed by atoms with E-state index in [1.165, 1.54) is 28.4 Å². The van der Waals surface area contributed by atoms with E-state index in [2.05, 4.69) is 4.74 Å². The molecule has 0 fully saturated rings. The van der Waals surface area contributed by atoms with Crippen LogP contribution in [0.1, 0.15) is 6.42 Å². The fraction of sp³-hybridized carbons (Fsp3) is 0.875. The molecule has 0 rings (SSSR count). The molecule has 1 atom stereocenters. The average molecular weight is 237 g/mol. The van der Waals surface area contributed by atoms with Crippen molar-refractivity contribution < 1.29 is 22.8 Å². The molecule has 0 saturated carbocycles. The molecule has 1 unspecified atom stereocenters. The second-order valence-corrected chi connectivity index (χ2v) is 6.05. The molecular formula is C8H19NO5Si. The Morgan fingerprint density at radius 1 is 1.20 bits per heavy atom. The van der Waals surface area contributed by atoms with E-state index in [1.807, 2.05) is 0 Å². The van der Waals surface area contributed by atoms with Crippen molar-refractivity contribution in [2.45, 2.75) is 18.5 Å². The van der Waals surface area contributed by atoms with Crippen molar-refractivity contribution in [1.82, 2.24) is 0 Å². The standard InChI is InChI=1S/C8H19NO5Si/c1-11-8(10)7(9)5-6-15(12-2,13-3)14-4/h7H,5-6,9H2,1-4H3. The number of rotatable bonds is 7. The first kappa shape index (κ1) is 14.5. The van der Waals surface area contributed by atoms with Crippen molar-refractivity contribution in [3.63, 3.8) is 0 Å². The maximum atomic E-state index is 11.0. The summed E-state index contributed by atoms with van der Waals surface area (Å²) in [6.45, 7) is 0. The molecule has 0 aromatic carbocycles. The van der Waals surface area contributed by atoms with Crippen LogP contribution in [0.5, 0.6) is 0 Å². The Morgan fingerprint density at radius 2 is 1.67 bits per heavy atom. The van der Waals surface area contributed by atoms with Gasteiger partial charge in [-0.2, -0.15) is 0 Å². The topological polar surface area (TPSA) is 80.0 Å². The Hall–Kier alpha value is -0.473. The second kappa shape index (κ2) is 6.91. The summed E-state index contributed by atoms with van der Waals surface area (Å²) in [5.41, 5.74) is 5.58. The van der Waals surface area contributed by atoms with Gasteiger partial charge in [-0.25, -0.2) is 0 Å². The number of methoxy groups -OCH3 is 1. The molecule has 0 amide bonds. The molecular weight excluding hydrogens is 218 g/mol. The van der Waals surface area contributed by atoms with Gasteiger partial charge >= 0.3 is 14.8 Å². The lowest BCUT2D eigenvalue weighted by Crippen LogP contribution is -2.45. The minimum atomic E-state index is -2.63. The lowest BCUT2D eigenvalue weighted by Gasteiger charge is -2.24. The summed E-state index contributed by atoms with van der Waals surface area (Å²) in [5, 5.41) is 0. The van der Waals surface area contributed by atoms with Gasteiger partial charge in [-0.1, -0.05) is 0 Å². The van der Waals surface area contributed by atoms with Crippen molar-refractivity contribution in [3.05, 3.63) is 0 Å². The third-order valence-corrected chi connectivity index (χ3v) is 4.97. The Balaban J connectivity index is 4.16. The second-order valence-electron chi connectivity index (χ2n) is 2.96. The van der Waals surface area contributed by atoms with E-state index in [0.29, 0.717) is 12.5 Å². The van der Waals surface area contributed by atoms with Crippen molar-refractivity contribution in [2.24, 2.45) is 5.73 Å². The van der Waals surface area contributed by atoms with E-state index >= 15 is 0 Å². The van der Waals surface area contributed by atoms with Gasteiger partial charge in [-0.05, 0) is 6.42 Å². The molecule has 0 heterocycles. The number of hydrogen-bond donors (Lipinski definition) is 1. The number of ether oxygens (including phenoxy) is 1. The highest BCUT2D eigenvalue weighted by Gasteiger charge is 2.38. The molecule has 15 heavy (non-hydrogen) atoms. The maximum Gasteiger partial charge on any atom is 0.500 e. The number of esters is 1. The number of nitrogens with two attached hydrogens (primary N) is 1. The van der Waals surface area contributed by atoms with Crippen LogP contribution in [-0.4, -0.2) is 49.3 Å². The van der Waals surface area contributed by atoms with Crippen LogP contribution in [-0.2, 0) is 22.8 Å². The predicted octanol–water partition coefficient (Wildman–Crippen LogP) is -0.245. The highest BCUT2D eigenvalue weighted by Crippen LogP contribution is 2.16. The van der Waals surface area contributed by atoms with E-state index in [9.17, 15) is 4.79 Å². The van der Waals surface area contributed by atoms with Gasteiger partial charge < -0.3 is 23.7 Å². The van der Waals surface area contributed by atoms with Crippen LogP contribution < -0.4 is 5.73 Å². The first-order chi connectivity index (χ1) is 7.05. The summed E-state index contributed by atoms with van der Waals surface area (Å²) in [5.74, 6) is -0.443. The third-order valence-electron chi connectivity index (χ3n) is 2.20. The van der Waals surface area contributed by atoms with E-state index in [4.69, 9.17) is 19.0 Å². The zero-order valence-corrected chi connectivity index (χ0v) is 10.6. The SMILES string of the molecule is COC(=O)C(N)CC[Si](OC)(OC)OC. The number of hydrogen-bond acceptors (Lipinski definition) is 6. The summed E-state index contributed by atoms with van der Waals surface area (Å²) >= 11 is 0. The lowest BCUT2D eigenvalue weighted by atomic mass is 10.2. The Morgan fingerprint density at radius 3 is 2.00 bits per heavy atom. The van der Waals surface area contributed by atoms with Crippen molar-refractivity contribution >= 4 is 14.8 Å². The van der Waals surface area contributed by atoms with E-state index in [1.54, 1.807) is 0 Å². The van der Waals surface area contributed by atoms with Crippen molar-refractivity contribution in [2.75, 3.05) is 28.4 Å². The lowest BCUT2D eigenvalue weighted by molar-refractivity contribution is -0.142. The fourth-order valence-corrected chi connectivity index (χ4v) is 2.93. The van der Waals surface area contributed by atoms with E-state index in [-0.39, 0.29) is 0 Å². The van der Waals surface area contributed by atoms with Gasteiger partial charge in [0.2, 0.25) is 0 Å². The van der Waals surface area contributed by atoms with Gasteiger partial charge in [0.15, 0.2) is 0 Å². The normalized spacial score (nSPS) is 13.7. The first-order valence-corrected chi connectivity index (χ1v) is 6.47. The van der Waals surface area contributed by atoms with E-state index < -0.39 is 20.8 Å². The van der Waals surface area contributed by atoms with Crippen LogP contribution >= 0.6 is 0 Å². The predicted molar refractivity (Wildman–Crippen MR) is 56.2 cm³/mol. The highest BCUT2D eigenvalue weighted by molar-refractivity contribution is 6.60. The molecule has 0 radical (unpaired) electrons. The number of carbonyl (C=O) groups is 1. The molecule has 0 aliphatic carbocycles. The maximum absolute atomic E-state index is 11.0. The van der Waals surface area contributed by atoms with Crippen molar-refractivity contribution in [1.29, 1.82) is 0 Å². The molecule has 0 spiro atoms. The zero-order valence-electron chi connectivity index (χ0n) is 9.61. The Labute approximate surface area is 91.0 Å². The van der Waals surface area contributed by atoms with Crippen LogP contribution in [0.4, 0.5) is 0 Å². The fourth-order valence-electron chi connectivity index (χ4n) is 1.16. The molecule has 0 saturated heterocycles. The highest BCUT2D eigenvalue weighted by atomic mass is 28.4. The minimum absolute atomic E-state index is 0.411. The minimum Gasteiger partial charge on any atom is -0.468 e. The molecule has 7 heteroatoms. The summed E-state index contributed by atoms with van der Waals surface area (Å²) in [6, 6.07) is -0.186. The molecule has 2 N–H and O–H groups in total. The zero-order chi connectivity index (χ0) is 11.9. The van der Waals surface area contributed by atoms with Gasteiger partial charge in [0.1, 0.15) is 6.04 Å². The van der Waals surface area contributed by atoms with Crippen LogP contribution in [0, 0.1) is 0 Å². The molecule has 0 aliphatic rings. The van der Waals surface area contributed by atoms with Crippen molar-refractivity contribution in [3.8, 4) is 0 Å². The monoisotopic (exact) mass is 237 g/mol. The van der Waals surface area contributed by atoms with Crippen LogP contribution in [0.25, 0.3) is 0 Å². The van der Waals surface area contributed by atoms with Gasteiger partial charge in [-0.15, -0.1) is 0 Å². The summed E-state index contributed by atoms with van der Waals surface area (Å²) in [7, 11) is 3.23. The molecule has 6 nitrogen and oxygen atoms in total. The van der Waals surface area contributed by atoms with Crippen LogP contribution in [0.15, 0.2) is 0 Å². The van der Waals surface area contributed by atoms with Crippen LogP contribution in [0.2, 0.25) is 6.04 Å². The molecule has 0 aromatic heterocycles. The smallest absolute Gasteiger partial charge is 0.468 e. The van der Waals surface area contributed by atoms with Crippen LogP contribution in [0.3, 0.4) is 0 Å². The summed E-state index contributed by atoms with van der Waals surface area (Å²) < 4.78 is 20.1. The van der Waals surface area contributed by atoms with E-state index in [0.717, 1.165) is 0 Å². The first-order valence-electron chi connectivity index (χ1n) is 4.54. The van der Waals surface area contributed by atoms with Gasteiger partial charge in [-0.3, -0.25) is 4.79 Å². The number of carbonyl (C=O) groups excluding carboxylic acids is 1. The average Bonchev–Trinajstić information content (AvgIpc) is 2.30.